The molecule has 1 saturated carbocycles. The van der Waals surface area contributed by atoms with Gasteiger partial charge >= 0.3 is 0 Å². The summed E-state index contributed by atoms with van der Waals surface area (Å²) in [5.41, 5.74) is 4.09. The quantitative estimate of drug-likeness (QED) is 0.482. The highest BCUT2D eigenvalue weighted by Crippen LogP contribution is 2.50. The van der Waals surface area contributed by atoms with E-state index in [4.69, 9.17) is 0 Å². The smallest absolute Gasteiger partial charge is 0.00881 e. The maximum absolute atomic E-state index is 2.59. The molecule has 0 aromatic rings. The molecule has 0 bridgehead atoms. The van der Waals surface area contributed by atoms with E-state index in [2.05, 4.69) is 34.6 Å². The Kier molecular flexibility index (Phi) is 4.79. The van der Waals surface area contributed by atoms with Crippen LogP contribution in [0.3, 0.4) is 0 Å². The standard InChI is InChI=1S/C19H34/c1-14-7-6-12-19(5,17(4)11-9-14)18-13-15(2)8-10-16(18)3/h14-15,17H,6-13H2,1-5H3. The molecule has 0 aromatic carbocycles. The van der Waals surface area contributed by atoms with Crippen molar-refractivity contribution in [3.63, 3.8) is 0 Å². The minimum Gasteiger partial charge on any atom is -0.0735 e. The van der Waals surface area contributed by atoms with Crippen LogP contribution >= 0.6 is 0 Å². The highest BCUT2D eigenvalue weighted by Gasteiger charge is 2.38. The molecular weight excluding hydrogens is 228 g/mol. The lowest BCUT2D eigenvalue weighted by molar-refractivity contribution is 0.166. The Balaban J connectivity index is 2.23. The first-order valence-corrected chi connectivity index (χ1v) is 8.62. The third kappa shape index (κ3) is 3.26. The van der Waals surface area contributed by atoms with Crippen molar-refractivity contribution in [1.29, 1.82) is 0 Å². The van der Waals surface area contributed by atoms with E-state index < -0.39 is 0 Å². The maximum Gasteiger partial charge on any atom is -0.00881 e. The predicted octanol–water partition coefficient (Wildman–Crippen LogP) is 6.37. The summed E-state index contributed by atoms with van der Waals surface area (Å²) in [6.07, 6.45) is 11.3. The molecule has 0 saturated heterocycles. The highest BCUT2D eigenvalue weighted by molar-refractivity contribution is 5.24. The molecule has 0 heterocycles. The number of rotatable bonds is 1. The third-order valence-corrected chi connectivity index (χ3v) is 6.34. The second-order valence-electron chi connectivity index (χ2n) is 8.00. The molecule has 4 atom stereocenters. The number of allylic oxidation sites excluding steroid dienone is 2. The summed E-state index contributed by atoms with van der Waals surface area (Å²) in [4.78, 5) is 0. The van der Waals surface area contributed by atoms with Gasteiger partial charge in [-0.1, -0.05) is 58.1 Å². The van der Waals surface area contributed by atoms with Crippen LogP contribution in [-0.4, -0.2) is 0 Å². The van der Waals surface area contributed by atoms with Gasteiger partial charge in [0.15, 0.2) is 0 Å². The van der Waals surface area contributed by atoms with E-state index in [9.17, 15) is 0 Å². The van der Waals surface area contributed by atoms with Gasteiger partial charge in [-0.25, -0.2) is 0 Å². The maximum atomic E-state index is 2.59. The van der Waals surface area contributed by atoms with E-state index >= 15 is 0 Å². The molecule has 2 rings (SSSR count). The molecule has 0 spiro atoms. The number of hydrogen-bond acceptors (Lipinski definition) is 0. The Morgan fingerprint density at radius 1 is 0.947 bits per heavy atom. The minimum absolute atomic E-state index is 0.499. The average molecular weight is 262 g/mol. The summed E-state index contributed by atoms with van der Waals surface area (Å²) in [5.74, 6) is 2.73. The predicted molar refractivity (Wildman–Crippen MR) is 85.2 cm³/mol. The van der Waals surface area contributed by atoms with Crippen LogP contribution < -0.4 is 0 Å². The molecule has 0 aromatic heterocycles. The lowest BCUT2D eigenvalue weighted by atomic mass is 9.61. The van der Waals surface area contributed by atoms with E-state index in [0.717, 1.165) is 17.8 Å². The molecule has 0 aliphatic heterocycles. The molecule has 0 amide bonds. The van der Waals surface area contributed by atoms with E-state index in [1.54, 1.807) is 5.57 Å². The molecule has 2 aliphatic carbocycles. The van der Waals surface area contributed by atoms with Gasteiger partial charge in [0.05, 0.1) is 0 Å². The van der Waals surface area contributed by atoms with Gasteiger partial charge in [-0.05, 0) is 62.2 Å². The first-order valence-electron chi connectivity index (χ1n) is 8.62. The summed E-state index contributed by atoms with van der Waals surface area (Å²) in [7, 11) is 0. The minimum atomic E-state index is 0.499. The van der Waals surface area contributed by atoms with Crippen LogP contribution in [0.2, 0.25) is 0 Å². The fourth-order valence-corrected chi connectivity index (χ4v) is 4.47. The summed E-state index contributed by atoms with van der Waals surface area (Å²) in [6, 6.07) is 0. The van der Waals surface area contributed by atoms with Gasteiger partial charge in [0.2, 0.25) is 0 Å². The second-order valence-corrected chi connectivity index (χ2v) is 8.00. The van der Waals surface area contributed by atoms with Crippen molar-refractivity contribution >= 4 is 0 Å². The van der Waals surface area contributed by atoms with Gasteiger partial charge in [0, 0.05) is 0 Å². The zero-order chi connectivity index (χ0) is 14.0. The first-order chi connectivity index (χ1) is 8.93. The van der Waals surface area contributed by atoms with Gasteiger partial charge in [-0.15, -0.1) is 0 Å². The van der Waals surface area contributed by atoms with E-state index in [1.165, 1.54) is 51.4 Å². The Hall–Kier alpha value is -0.260. The Morgan fingerprint density at radius 2 is 1.68 bits per heavy atom. The van der Waals surface area contributed by atoms with Crippen molar-refractivity contribution in [3.05, 3.63) is 11.1 Å². The summed E-state index contributed by atoms with van der Waals surface area (Å²) < 4.78 is 0. The molecule has 0 N–H and O–H groups in total. The fourth-order valence-electron chi connectivity index (χ4n) is 4.47. The Bertz CT molecular complexity index is 338. The molecule has 2 aliphatic rings. The summed E-state index contributed by atoms with van der Waals surface area (Å²) in [5, 5.41) is 0. The molecule has 19 heavy (non-hydrogen) atoms. The summed E-state index contributed by atoms with van der Waals surface area (Å²) in [6.45, 7) is 12.4. The first kappa shape index (κ1) is 15.1. The van der Waals surface area contributed by atoms with Crippen LogP contribution in [-0.2, 0) is 0 Å². The van der Waals surface area contributed by atoms with Gasteiger partial charge in [-0.3, -0.25) is 0 Å². The third-order valence-electron chi connectivity index (χ3n) is 6.34. The van der Waals surface area contributed by atoms with Gasteiger partial charge in [-0.2, -0.15) is 0 Å². The fraction of sp³-hybridized carbons (Fsp3) is 0.895. The van der Waals surface area contributed by atoms with E-state index in [1.807, 2.05) is 5.57 Å². The van der Waals surface area contributed by atoms with Crippen molar-refractivity contribution in [2.45, 2.75) is 86.0 Å². The van der Waals surface area contributed by atoms with Gasteiger partial charge in [0.1, 0.15) is 0 Å². The zero-order valence-electron chi connectivity index (χ0n) is 13.9. The van der Waals surface area contributed by atoms with Crippen LogP contribution in [0.5, 0.6) is 0 Å². The molecule has 1 fully saturated rings. The highest BCUT2D eigenvalue weighted by atomic mass is 14.4. The van der Waals surface area contributed by atoms with E-state index in [0.29, 0.717) is 5.41 Å². The topological polar surface area (TPSA) is 0 Å². The van der Waals surface area contributed by atoms with Crippen LogP contribution in [0.4, 0.5) is 0 Å². The SMILES string of the molecule is CC1=C(C2(C)CCCC(C)CCC2C)CC(C)CC1. The lowest BCUT2D eigenvalue weighted by Crippen LogP contribution is -2.32. The van der Waals surface area contributed by atoms with Gasteiger partial charge in [0.25, 0.3) is 0 Å². The van der Waals surface area contributed by atoms with Crippen molar-refractivity contribution < 1.29 is 0 Å². The van der Waals surface area contributed by atoms with E-state index in [-0.39, 0.29) is 0 Å². The normalized spacial score (nSPS) is 41.8. The molecule has 4 unspecified atom stereocenters. The van der Waals surface area contributed by atoms with Crippen molar-refractivity contribution in [2.75, 3.05) is 0 Å². The van der Waals surface area contributed by atoms with Crippen molar-refractivity contribution in [1.82, 2.24) is 0 Å². The van der Waals surface area contributed by atoms with Crippen LogP contribution in [0.15, 0.2) is 11.1 Å². The zero-order valence-corrected chi connectivity index (χ0v) is 13.9. The van der Waals surface area contributed by atoms with Crippen LogP contribution in [0, 0.1) is 23.2 Å². The van der Waals surface area contributed by atoms with Gasteiger partial charge < -0.3 is 0 Å². The van der Waals surface area contributed by atoms with Crippen LogP contribution in [0.1, 0.15) is 86.0 Å². The molecule has 0 nitrogen and oxygen atoms in total. The largest absolute Gasteiger partial charge is 0.0735 e. The van der Waals surface area contributed by atoms with Crippen molar-refractivity contribution in [3.8, 4) is 0 Å². The summed E-state index contributed by atoms with van der Waals surface area (Å²) >= 11 is 0. The van der Waals surface area contributed by atoms with Crippen LogP contribution in [0.25, 0.3) is 0 Å². The monoisotopic (exact) mass is 262 g/mol. The Labute approximate surface area is 121 Å². The molecule has 0 radical (unpaired) electrons. The molecule has 0 heteroatoms. The number of hydrogen-bond donors (Lipinski definition) is 0. The molecule has 110 valence electrons. The Morgan fingerprint density at radius 3 is 2.42 bits per heavy atom. The molecular formula is C19H34. The lowest BCUT2D eigenvalue weighted by Gasteiger charge is -2.44. The van der Waals surface area contributed by atoms with Crippen molar-refractivity contribution in [2.24, 2.45) is 23.2 Å². The average Bonchev–Trinajstić information content (AvgIpc) is 2.37. The second kappa shape index (κ2) is 6.02.